The first kappa shape index (κ1) is 14.4. The molecule has 1 amide bonds. The number of carbonyl (C=O) groups is 2. The molecule has 3 aliphatic rings. The van der Waals surface area contributed by atoms with E-state index in [1.807, 2.05) is 0 Å². The lowest BCUT2D eigenvalue weighted by atomic mass is 9.79. The van der Waals surface area contributed by atoms with Gasteiger partial charge in [-0.1, -0.05) is 0 Å². The van der Waals surface area contributed by atoms with E-state index in [-0.39, 0.29) is 41.7 Å². The van der Waals surface area contributed by atoms with Crippen molar-refractivity contribution in [3.05, 3.63) is 18.2 Å². The van der Waals surface area contributed by atoms with Gasteiger partial charge in [-0.25, -0.2) is 0 Å². The molecule has 6 nitrogen and oxygen atoms in total. The molecular formula is C17H19NO5. The Morgan fingerprint density at radius 2 is 2.09 bits per heavy atom. The minimum absolute atomic E-state index is 0.0390. The fraction of sp³-hybridized carbons (Fsp3) is 0.529. The van der Waals surface area contributed by atoms with Gasteiger partial charge in [0.25, 0.3) is 0 Å². The topological polar surface area (TPSA) is 73.9 Å². The van der Waals surface area contributed by atoms with Gasteiger partial charge in [0.2, 0.25) is 5.91 Å². The van der Waals surface area contributed by atoms with E-state index in [0.29, 0.717) is 17.2 Å². The molecule has 1 aliphatic heterocycles. The van der Waals surface area contributed by atoms with Crippen molar-refractivity contribution in [2.45, 2.75) is 18.9 Å². The molecule has 1 saturated heterocycles. The Morgan fingerprint density at radius 3 is 2.83 bits per heavy atom. The highest BCUT2D eigenvalue weighted by molar-refractivity contribution is 5.98. The van der Waals surface area contributed by atoms with Crippen LogP contribution in [0.5, 0.6) is 11.5 Å². The van der Waals surface area contributed by atoms with Gasteiger partial charge in [0.05, 0.1) is 31.7 Å². The summed E-state index contributed by atoms with van der Waals surface area (Å²) in [5.74, 6) is 0.757. The lowest BCUT2D eigenvalue weighted by Crippen LogP contribution is -2.35. The third-order valence-electron chi connectivity index (χ3n) is 5.45. The van der Waals surface area contributed by atoms with Crippen LogP contribution >= 0.6 is 0 Å². The molecule has 2 aliphatic carbocycles. The molecule has 1 aromatic carbocycles. The number of nitrogens with one attached hydrogen (secondary N) is 1. The molecule has 0 radical (unpaired) electrons. The van der Waals surface area contributed by atoms with Crippen molar-refractivity contribution >= 4 is 17.6 Å². The average Bonchev–Trinajstić information content (AvgIpc) is 3.16. The predicted molar refractivity (Wildman–Crippen MR) is 81.2 cm³/mol. The Balaban J connectivity index is 1.56. The molecule has 5 atom stereocenters. The van der Waals surface area contributed by atoms with Crippen molar-refractivity contribution in [2.24, 2.45) is 23.7 Å². The van der Waals surface area contributed by atoms with E-state index in [2.05, 4.69) is 5.32 Å². The number of ether oxygens (including phenoxy) is 3. The molecular weight excluding hydrogens is 298 g/mol. The monoisotopic (exact) mass is 317 g/mol. The summed E-state index contributed by atoms with van der Waals surface area (Å²) in [6, 6.07) is 5.23. The highest BCUT2D eigenvalue weighted by Crippen LogP contribution is 2.57. The van der Waals surface area contributed by atoms with E-state index in [1.165, 1.54) is 0 Å². The summed E-state index contributed by atoms with van der Waals surface area (Å²) in [4.78, 5) is 24.8. The number of fused-ring (bicyclic) bond motifs is 1. The first-order chi connectivity index (χ1) is 11.1. The van der Waals surface area contributed by atoms with Crippen LogP contribution in [0.25, 0.3) is 0 Å². The van der Waals surface area contributed by atoms with Crippen molar-refractivity contribution in [1.82, 2.24) is 0 Å². The van der Waals surface area contributed by atoms with E-state index in [9.17, 15) is 9.59 Å². The Labute approximate surface area is 134 Å². The first-order valence-electron chi connectivity index (χ1n) is 7.85. The van der Waals surface area contributed by atoms with Crippen LogP contribution in [-0.4, -0.2) is 32.2 Å². The van der Waals surface area contributed by atoms with Gasteiger partial charge in [-0.15, -0.1) is 0 Å². The Bertz CT molecular complexity index is 671. The summed E-state index contributed by atoms with van der Waals surface area (Å²) >= 11 is 0. The van der Waals surface area contributed by atoms with Crippen LogP contribution in [0.3, 0.4) is 0 Å². The number of rotatable bonds is 4. The number of hydrogen-bond donors (Lipinski definition) is 1. The van der Waals surface area contributed by atoms with Crippen LogP contribution in [0.2, 0.25) is 0 Å². The molecule has 6 heteroatoms. The second-order valence-corrected chi connectivity index (χ2v) is 6.48. The van der Waals surface area contributed by atoms with Gasteiger partial charge in [0.1, 0.15) is 17.6 Å². The van der Waals surface area contributed by atoms with Crippen molar-refractivity contribution in [3.63, 3.8) is 0 Å². The molecule has 0 aromatic heterocycles. The minimum atomic E-state index is -0.293. The van der Waals surface area contributed by atoms with Crippen molar-refractivity contribution in [1.29, 1.82) is 0 Å². The van der Waals surface area contributed by atoms with E-state index in [4.69, 9.17) is 14.2 Å². The minimum Gasteiger partial charge on any atom is -0.497 e. The van der Waals surface area contributed by atoms with Gasteiger partial charge < -0.3 is 19.5 Å². The maximum absolute atomic E-state index is 12.8. The molecule has 0 spiro atoms. The maximum atomic E-state index is 12.8. The maximum Gasteiger partial charge on any atom is 0.310 e. The molecule has 23 heavy (non-hydrogen) atoms. The molecule has 122 valence electrons. The number of amides is 1. The van der Waals surface area contributed by atoms with E-state index in [1.54, 1.807) is 32.4 Å². The predicted octanol–water partition coefficient (Wildman–Crippen LogP) is 1.84. The molecule has 2 bridgehead atoms. The smallest absolute Gasteiger partial charge is 0.310 e. The van der Waals surface area contributed by atoms with Gasteiger partial charge in [-0.3, -0.25) is 9.59 Å². The lowest BCUT2D eigenvalue weighted by Gasteiger charge is -2.24. The van der Waals surface area contributed by atoms with Gasteiger partial charge in [-0.2, -0.15) is 0 Å². The third-order valence-corrected chi connectivity index (χ3v) is 5.45. The summed E-state index contributed by atoms with van der Waals surface area (Å²) in [6.45, 7) is 0. The molecule has 4 rings (SSSR count). The highest BCUT2D eigenvalue weighted by Gasteiger charge is 2.63. The zero-order valence-corrected chi connectivity index (χ0v) is 13.1. The average molecular weight is 317 g/mol. The second-order valence-electron chi connectivity index (χ2n) is 6.48. The standard InChI is InChI=1S/C17H19NO5/c1-21-9-3-4-11(13(7-9)22-2)18-16(19)14-8-5-10-12(6-8)23-17(20)15(10)14/h3-4,7-8,10,12,14-15H,5-6H2,1-2H3,(H,18,19)/t8-,10+,12-,14+,15+/m0/s1. The number of anilines is 1. The summed E-state index contributed by atoms with van der Waals surface area (Å²) in [6.07, 6.45) is 1.76. The Hall–Kier alpha value is -2.24. The quantitative estimate of drug-likeness (QED) is 0.858. The lowest BCUT2D eigenvalue weighted by molar-refractivity contribution is -0.145. The van der Waals surface area contributed by atoms with Crippen molar-refractivity contribution in [2.75, 3.05) is 19.5 Å². The van der Waals surface area contributed by atoms with Crippen LogP contribution in [0.4, 0.5) is 5.69 Å². The van der Waals surface area contributed by atoms with Crippen molar-refractivity contribution in [3.8, 4) is 11.5 Å². The zero-order valence-electron chi connectivity index (χ0n) is 13.1. The van der Waals surface area contributed by atoms with Crippen LogP contribution in [0, 0.1) is 23.7 Å². The highest BCUT2D eigenvalue weighted by atomic mass is 16.6. The van der Waals surface area contributed by atoms with Crippen LogP contribution in [0.15, 0.2) is 18.2 Å². The van der Waals surface area contributed by atoms with E-state index in [0.717, 1.165) is 12.8 Å². The van der Waals surface area contributed by atoms with Crippen LogP contribution in [-0.2, 0) is 14.3 Å². The fourth-order valence-electron chi connectivity index (χ4n) is 4.48. The van der Waals surface area contributed by atoms with E-state index >= 15 is 0 Å². The number of esters is 1. The third kappa shape index (κ3) is 2.08. The molecule has 1 N–H and O–H groups in total. The number of methoxy groups -OCH3 is 2. The Morgan fingerprint density at radius 1 is 1.26 bits per heavy atom. The normalized spacial score (nSPS) is 33.5. The second kappa shape index (κ2) is 5.15. The number of carbonyl (C=O) groups excluding carboxylic acids is 2. The fourth-order valence-corrected chi connectivity index (χ4v) is 4.48. The van der Waals surface area contributed by atoms with Gasteiger partial charge in [0.15, 0.2) is 0 Å². The molecule has 3 fully saturated rings. The van der Waals surface area contributed by atoms with Gasteiger partial charge in [-0.05, 0) is 30.9 Å². The molecule has 1 aromatic rings. The van der Waals surface area contributed by atoms with Gasteiger partial charge in [0, 0.05) is 12.0 Å². The largest absolute Gasteiger partial charge is 0.497 e. The summed E-state index contributed by atoms with van der Waals surface area (Å²) in [5.41, 5.74) is 0.587. The van der Waals surface area contributed by atoms with E-state index < -0.39 is 0 Å². The summed E-state index contributed by atoms with van der Waals surface area (Å²) < 4.78 is 15.9. The zero-order chi connectivity index (χ0) is 16.1. The SMILES string of the molecule is COc1ccc(NC(=O)[C@@H]2[C@H]3C[C@H]4[C@H]2C(=O)O[C@H]4C3)c(OC)c1. The van der Waals surface area contributed by atoms with Crippen LogP contribution in [0.1, 0.15) is 12.8 Å². The van der Waals surface area contributed by atoms with Crippen molar-refractivity contribution < 1.29 is 23.8 Å². The molecule has 2 saturated carbocycles. The number of benzene rings is 1. The first-order valence-corrected chi connectivity index (χ1v) is 7.85. The molecule has 1 heterocycles. The molecule has 0 unspecified atom stereocenters. The van der Waals surface area contributed by atoms with Gasteiger partial charge >= 0.3 is 5.97 Å². The number of hydrogen-bond acceptors (Lipinski definition) is 5. The summed E-state index contributed by atoms with van der Waals surface area (Å²) in [7, 11) is 3.12. The summed E-state index contributed by atoms with van der Waals surface area (Å²) in [5, 5.41) is 2.92. The van der Waals surface area contributed by atoms with Crippen LogP contribution < -0.4 is 14.8 Å². The Kier molecular flexibility index (Phi) is 3.21.